The van der Waals surface area contributed by atoms with Gasteiger partial charge in [-0.05, 0) is 18.6 Å². The quantitative estimate of drug-likeness (QED) is 0.800. The maximum atomic E-state index is 13.4. The molecule has 6 heteroatoms. The number of carboxylic acid groups (broad SMARTS) is 1. The topological polar surface area (TPSA) is 66.4 Å². The van der Waals surface area contributed by atoms with Crippen LogP contribution in [0.1, 0.15) is 12.5 Å². The van der Waals surface area contributed by atoms with Crippen LogP contribution in [-0.4, -0.2) is 24.0 Å². The lowest BCUT2D eigenvalue weighted by molar-refractivity contribution is -0.154. The second kappa shape index (κ2) is 5.12. The first kappa shape index (κ1) is 14.1. The fourth-order valence-corrected chi connectivity index (χ4v) is 1.57. The molecule has 0 heterocycles. The summed E-state index contributed by atoms with van der Waals surface area (Å²) in [4.78, 5) is 22.7. The highest BCUT2D eigenvalue weighted by Gasteiger charge is 2.41. The minimum absolute atomic E-state index is 0.0232. The van der Waals surface area contributed by atoms with Crippen LogP contribution in [0.3, 0.4) is 0 Å². The van der Waals surface area contributed by atoms with Gasteiger partial charge in [0.25, 0.3) is 0 Å². The normalized spacial score (nSPS) is 13.8. The molecule has 1 unspecified atom stereocenters. The number of amides is 1. The lowest BCUT2D eigenvalue weighted by Crippen LogP contribution is -2.44. The zero-order valence-corrected chi connectivity index (χ0v) is 9.96. The van der Waals surface area contributed by atoms with Crippen molar-refractivity contribution in [3.8, 4) is 0 Å². The van der Waals surface area contributed by atoms with E-state index in [9.17, 15) is 18.4 Å². The Bertz CT molecular complexity index is 490. The van der Waals surface area contributed by atoms with Gasteiger partial charge in [0.05, 0.1) is 0 Å². The lowest BCUT2D eigenvalue weighted by atomic mass is 9.82. The fourth-order valence-electron chi connectivity index (χ4n) is 1.57. The van der Waals surface area contributed by atoms with Crippen molar-refractivity contribution in [3.63, 3.8) is 0 Å². The molecule has 2 N–H and O–H groups in total. The van der Waals surface area contributed by atoms with E-state index in [1.807, 2.05) is 0 Å². The van der Waals surface area contributed by atoms with Gasteiger partial charge in [0.1, 0.15) is 17.0 Å². The summed E-state index contributed by atoms with van der Waals surface area (Å²) in [5, 5.41) is 11.3. The largest absolute Gasteiger partial charge is 0.480 e. The SMILES string of the molecule is CNC(=O)C(C)(Cc1ccc(F)cc1F)C(=O)O. The van der Waals surface area contributed by atoms with E-state index in [0.29, 0.717) is 6.07 Å². The zero-order valence-electron chi connectivity index (χ0n) is 9.96. The van der Waals surface area contributed by atoms with Crippen LogP contribution in [0, 0.1) is 17.0 Å². The monoisotopic (exact) mass is 257 g/mol. The van der Waals surface area contributed by atoms with Gasteiger partial charge in [-0.15, -0.1) is 0 Å². The summed E-state index contributed by atoms with van der Waals surface area (Å²) in [7, 11) is 1.30. The standard InChI is InChI=1S/C12H13F2NO3/c1-12(11(17)18,10(16)15-2)6-7-3-4-8(13)5-9(7)14/h3-5H,6H2,1-2H3,(H,15,16)(H,17,18). The van der Waals surface area contributed by atoms with Crippen LogP contribution in [0.25, 0.3) is 0 Å². The summed E-state index contributed by atoms with van der Waals surface area (Å²) in [6, 6.07) is 2.81. The number of aliphatic carboxylic acids is 1. The number of hydrogen-bond acceptors (Lipinski definition) is 2. The van der Waals surface area contributed by atoms with Crippen molar-refractivity contribution in [3.05, 3.63) is 35.4 Å². The molecule has 0 aliphatic heterocycles. The van der Waals surface area contributed by atoms with Gasteiger partial charge in [0.15, 0.2) is 0 Å². The molecule has 0 aliphatic carbocycles. The molecule has 1 aromatic rings. The van der Waals surface area contributed by atoms with Crippen molar-refractivity contribution in [2.75, 3.05) is 7.05 Å². The van der Waals surface area contributed by atoms with E-state index in [1.54, 1.807) is 0 Å². The summed E-state index contributed by atoms with van der Waals surface area (Å²) in [5.74, 6) is -3.73. The number of halogens is 2. The molecule has 98 valence electrons. The molecule has 1 aromatic carbocycles. The van der Waals surface area contributed by atoms with Crippen molar-refractivity contribution in [2.24, 2.45) is 5.41 Å². The second-order valence-electron chi connectivity index (χ2n) is 4.13. The molecule has 0 saturated carbocycles. The van der Waals surface area contributed by atoms with Crippen molar-refractivity contribution < 1.29 is 23.5 Å². The Labute approximate surface area is 103 Å². The van der Waals surface area contributed by atoms with E-state index in [4.69, 9.17) is 5.11 Å². The van der Waals surface area contributed by atoms with Crippen LogP contribution in [0.4, 0.5) is 8.78 Å². The van der Waals surface area contributed by atoms with Gasteiger partial charge in [0.2, 0.25) is 5.91 Å². The Morgan fingerprint density at radius 1 is 1.39 bits per heavy atom. The van der Waals surface area contributed by atoms with Gasteiger partial charge in [-0.2, -0.15) is 0 Å². The Hall–Kier alpha value is -1.98. The Morgan fingerprint density at radius 3 is 2.44 bits per heavy atom. The average molecular weight is 257 g/mol. The molecule has 0 fully saturated rings. The average Bonchev–Trinajstić information content (AvgIpc) is 2.31. The summed E-state index contributed by atoms with van der Waals surface area (Å²) < 4.78 is 26.2. The Morgan fingerprint density at radius 2 is 2.00 bits per heavy atom. The first-order valence-electron chi connectivity index (χ1n) is 5.20. The van der Waals surface area contributed by atoms with Crippen LogP contribution in [0.2, 0.25) is 0 Å². The highest BCUT2D eigenvalue weighted by molar-refractivity contribution is 6.01. The van der Waals surface area contributed by atoms with Gasteiger partial charge in [0, 0.05) is 19.5 Å². The highest BCUT2D eigenvalue weighted by Crippen LogP contribution is 2.25. The number of nitrogens with one attached hydrogen (secondary N) is 1. The predicted octanol–water partition coefficient (Wildman–Crippen LogP) is 1.34. The van der Waals surface area contributed by atoms with E-state index < -0.39 is 28.9 Å². The van der Waals surface area contributed by atoms with Crippen LogP contribution in [0.5, 0.6) is 0 Å². The van der Waals surface area contributed by atoms with E-state index in [1.165, 1.54) is 14.0 Å². The Kier molecular flexibility index (Phi) is 4.00. The molecule has 0 spiro atoms. The summed E-state index contributed by atoms with van der Waals surface area (Å²) in [6.45, 7) is 1.19. The predicted molar refractivity (Wildman–Crippen MR) is 59.9 cm³/mol. The first-order chi connectivity index (χ1) is 8.31. The van der Waals surface area contributed by atoms with Crippen molar-refractivity contribution in [1.29, 1.82) is 0 Å². The van der Waals surface area contributed by atoms with Crippen molar-refractivity contribution in [2.45, 2.75) is 13.3 Å². The fraction of sp³-hybridized carbons (Fsp3) is 0.333. The number of carbonyl (C=O) groups excluding carboxylic acids is 1. The maximum Gasteiger partial charge on any atom is 0.319 e. The molecule has 0 bridgehead atoms. The molecule has 0 aliphatic rings. The van der Waals surface area contributed by atoms with E-state index in [-0.39, 0.29) is 12.0 Å². The molecule has 1 atom stereocenters. The molecular formula is C12H13F2NO3. The molecule has 18 heavy (non-hydrogen) atoms. The van der Waals surface area contributed by atoms with Gasteiger partial charge in [-0.3, -0.25) is 9.59 Å². The summed E-state index contributed by atoms with van der Waals surface area (Å²) in [5.41, 5.74) is -1.82. The Balaban J connectivity index is 3.12. The second-order valence-corrected chi connectivity index (χ2v) is 4.13. The number of benzene rings is 1. The minimum atomic E-state index is -1.80. The molecule has 0 aromatic heterocycles. The van der Waals surface area contributed by atoms with Crippen LogP contribution >= 0.6 is 0 Å². The third-order valence-corrected chi connectivity index (χ3v) is 2.76. The van der Waals surface area contributed by atoms with Gasteiger partial charge in [-0.1, -0.05) is 6.07 Å². The molecule has 4 nitrogen and oxygen atoms in total. The smallest absolute Gasteiger partial charge is 0.319 e. The highest BCUT2D eigenvalue weighted by atomic mass is 19.1. The van der Waals surface area contributed by atoms with Crippen LogP contribution < -0.4 is 5.32 Å². The van der Waals surface area contributed by atoms with Gasteiger partial charge in [-0.25, -0.2) is 8.78 Å². The molecule has 0 radical (unpaired) electrons. The molecule has 1 rings (SSSR count). The summed E-state index contributed by atoms with van der Waals surface area (Å²) >= 11 is 0. The molecule has 1 amide bonds. The molecule has 0 saturated heterocycles. The first-order valence-corrected chi connectivity index (χ1v) is 5.20. The molecular weight excluding hydrogens is 244 g/mol. The van der Waals surface area contributed by atoms with Gasteiger partial charge >= 0.3 is 5.97 Å². The van der Waals surface area contributed by atoms with E-state index in [2.05, 4.69) is 5.32 Å². The number of carboxylic acids is 1. The number of hydrogen-bond donors (Lipinski definition) is 2. The third-order valence-electron chi connectivity index (χ3n) is 2.76. The van der Waals surface area contributed by atoms with Crippen LogP contribution in [-0.2, 0) is 16.0 Å². The van der Waals surface area contributed by atoms with Crippen molar-refractivity contribution >= 4 is 11.9 Å². The third kappa shape index (κ3) is 2.64. The van der Waals surface area contributed by atoms with E-state index >= 15 is 0 Å². The van der Waals surface area contributed by atoms with Crippen molar-refractivity contribution in [1.82, 2.24) is 5.32 Å². The lowest BCUT2D eigenvalue weighted by Gasteiger charge is -2.23. The zero-order chi connectivity index (χ0) is 13.9. The minimum Gasteiger partial charge on any atom is -0.480 e. The van der Waals surface area contributed by atoms with E-state index in [0.717, 1.165) is 12.1 Å². The van der Waals surface area contributed by atoms with Crippen LogP contribution in [0.15, 0.2) is 18.2 Å². The maximum absolute atomic E-state index is 13.4. The number of carbonyl (C=O) groups is 2. The summed E-state index contributed by atoms with van der Waals surface area (Å²) in [6.07, 6.45) is -0.353. The van der Waals surface area contributed by atoms with Gasteiger partial charge < -0.3 is 10.4 Å². The number of rotatable bonds is 4.